The summed E-state index contributed by atoms with van der Waals surface area (Å²) in [5.41, 5.74) is 5.66. The van der Waals surface area contributed by atoms with Gasteiger partial charge in [0.05, 0.1) is 12.2 Å². The second-order valence-electron chi connectivity index (χ2n) is 3.41. The first-order chi connectivity index (χ1) is 7.42. The summed E-state index contributed by atoms with van der Waals surface area (Å²) >= 11 is 0. The largest absolute Gasteiger partial charge is 0.477 e. The molecule has 4 nitrogen and oxygen atoms in total. The minimum Gasteiger partial charge on any atom is -0.477 e. The third-order valence-electron chi connectivity index (χ3n) is 1.85. The second kappa shape index (κ2) is 4.87. The third kappa shape index (κ3) is 3.80. The van der Waals surface area contributed by atoms with Crippen LogP contribution in [0.1, 0.15) is 23.7 Å². The molecule has 1 aromatic rings. The van der Waals surface area contributed by atoms with Crippen LogP contribution in [0.15, 0.2) is 12.1 Å². The molecule has 0 aliphatic rings. The molecule has 88 valence electrons. The summed E-state index contributed by atoms with van der Waals surface area (Å²) in [6.07, 6.45) is 0.163. The number of hydrogen-bond donors (Lipinski definition) is 1. The Bertz CT molecular complexity index is 378. The molecule has 0 amide bonds. The van der Waals surface area contributed by atoms with Crippen LogP contribution in [0.25, 0.3) is 0 Å². The van der Waals surface area contributed by atoms with Crippen molar-refractivity contribution in [3.05, 3.63) is 17.7 Å². The SMILES string of the molecule is CC(F)(F)CCOc1ccc(C=O)c(N)n1. The average Bonchev–Trinajstić information content (AvgIpc) is 2.16. The minimum atomic E-state index is -2.77. The predicted octanol–water partition coefficient (Wildman–Crippen LogP) is 1.90. The molecule has 0 spiro atoms. The number of carbonyl (C=O) groups is 1. The van der Waals surface area contributed by atoms with Crippen LogP contribution in [-0.2, 0) is 0 Å². The Morgan fingerprint density at radius 2 is 2.25 bits per heavy atom. The number of rotatable bonds is 5. The monoisotopic (exact) mass is 230 g/mol. The van der Waals surface area contributed by atoms with Crippen molar-refractivity contribution in [1.82, 2.24) is 4.98 Å². The lowest BCUT2D eigenvalue weighted by molar-refractivity contribution is 0.000453. The molecule has 0 aromatic carbocycles. The fraction of sp³-hybridized carbons (Fsp3) is 0.400. The van der Waals surface area contributed by atoms with Gasteiger partial charge in [-0.3, -0.25) is 4.79 Å². The Balaban J connectivity index is 2.55. The van der Waals surface area contributed by atoms with Gasteiger partial charge in [-0.15, -0.1) is 0 Å². The molecule has 0 bridgehead atoms. The summed E-state index contributed by atoms with van der Waals surface area (Å²) in [6, 6.07) is 2.84. The van der Waals surface area contributed by atoms with Crippen molar-refractivity contribution < 1.29 is 18.3 Å². The molecule has 0 unspecified atom stereocenters. The number of ether oxygens (including phenoxy) is 1. The van der Waals surface area contributed by atoms with Crippen LogP contribution in [0.5, 0.6) is 5.88 Å². The Kier molecular flexibility index (Phi) is 3.76. The molecule has 0 atom stereocenters. The van der Waals surface area contributed by atoms with Crippen molar-refractivity contribution in [3.8, 4) is 5.88 Å². The van der Waals surface area contributed by atoms with E-state index in [9.17, 15) is 13.6 Å². The lowest BCUT2D eigenvalue weighted by Gasteiger charge is -2.10. The summed E-state index contributed by atoms with van der Waals surface area (Å²) in [7, 11) is 0. The maximum absolute atomic E-state index is 12.5. The molecule has 1 rings (SSSR count). The van der Waals surface area contributed by atoms with Crippen LogP contribution in [-0.4, -0.2) is 23.8 Å². The van der Waals surface area contributed by atoms with E-state index in [-0.39, 0.29) is 23.9 Å². The van der Waals surface area contributed by atoms with Gasteiger partial charge in [0, 0.05) is 12.5 Å². The van der Waals surface area contributed by atoms with Crippen molar-refractivity contribution >= 4 is 12.1 Å². The fourth-order valence-electron chi connectivity index (χ4n) is 0.982. The Morgan fingerprint density at radius 3 is 2.75 bits per heavy atom. The molecule has 0 saturated carbocycles. The molecule has 1 aromatic heterocycles. The molecule has 6 heteroatoms. The van der Waals surface area contributed by atoms with E-state index in [4.69, 9.17) is 10.5 Å². The smallest absolute Gasteiger partial charge is 0.248 e. The maximum atomic E-state index is 12.5. The molecule has 0 aliphatic carbocycles. The molecular weight excluding hydrogens is 218 g/mol. The number of nitrogens with zero attached hydrogens (tertiary/aromatic N) is 1. The number of aldehydes is 1. The zero-order valence-electron chi connectivity index (χ0n) is 8.74. The summed E-state index contributed by atoms with van der Waals surface area (Å²) < 4.78 is 29.9. The number of pyridine rings is 1. The molecule has 0 aliphatic heterocycles. The first-order valence-corrected chi connectivity index (χ1v) is 4.65. The number of nitrogen functional groups attached to an aromatic ring is 1. The minimum absolute atomic E-state index is 0.0239. The average molecular weight is 230 g/mol. The van der Waals surface area contributed by atoms with Gasteiger partial charge in [-0.2, -0.15) is 4.98 Å². The highest BCUT2D eigenvalue weighted by Gasteiger charge is 2.20. The molecule has 2 N–H and O–H groups in total. The van der Waals surface area contributed by atoms with Crippen LogP contribution >= 0.6 is 0 Å². The van der Waals surface area contributed by atoms with Crippen molar-refractivity contribution in [1.29, 1.82) is 0 Å². The number of hydrogen-bond acceptors (Lipinski definition) is 4. The highest BCUT2D eigenvalue weighted by Crippen LogP contribution is 2.18. The highest BCUT2D eigenvalue weighted by molar-refractivity contribution is 5.81. The van der Waals surface area contributed by atoms with E-state index >= 15 is 0 Å². The first-order valence-electron chi connectivity index (χ1n) is 4.65. The van der Waals surface area contributed by atoms with E-state index in [1.165, 1.54) is 12.1 Å². The second-order valence-corrected chi connectivity index (χ2v) is 3.41. The van der Waals surface area contributed by atoms with E-state index in [1.54, 1.807) is 0 Å². The van der Waals surface area contributed by atoms with Crippen molar-refractivity contribution in [2.75, 3.05) is 12.3 Å². The van der Waals surface area contributed by atoms with Gasteiger partial charge in [0.1, 0.15) is 5.82 Å². The van der Waals surface area contributed by atoms with Gasteiger partial charge in [-0.25, -0.2) is 8.78 Å². The van der Waals surface area contributed by atoms with Crippen molar-refractivity contribution in [2.45, 2.75) is 19.3 Å². The summed E-state index contributed by atoms with van der Waals surface area (Å²) in [4.78, 5) is 14.2. The van der Waals surface area contributed by atoms with Crippen LogP contribution in [0.3, 0.4) is 0 Å². The lowest BCUT2D eigenvalue weighted by Crippen LogP contribution is -2.15. The highest BCUT2D eigenvalue weighted by atomic mass is 19.3. The number of nitrogens with two attached hydrogens (primary N) is 1. The molecule has 0 saturated heterocycles. The van der Waals surface area contributed by atoms with E-state index in [2.05, 4.69) is 4.98 Å². The van der Waals surface area contributed by atoms with Gasteiger partial charge in [-0.1, -0.05) is 0 Å². The Hall–Kier alpha value is -1.72. The van der Waals surface area contributed by atoms with Crippen LogP contribution in [0.4, 0.5) is 14.6 Å². The lowest BCUT2D eigenvalue weighted by atomic mass is 10.3. The van der Waals surface area contributed by atoms with Crippen LogP contribution in [0, 0.1) is 0 Å². The molecule has 16 heavy (non-hydrogen) atoms. The van der Waals surface area contributed by atoms with Gasteiger partial charge < -0.3 is 10.5 Å². The Morgan fingerprint density at radius 1 is 1.56 bits per heavy atom. The van der Waals surface area contributed by atoms with E-state index in [0.29, 0.717) is 6.29 Å². The van der Waals surface area contributed by atoms with E-state index in [0.717, 1.165) is 6.92 Å². The maximum Gasteiger partial charge on any atom is 0.248 e. The first kappa shape index (κ1) is 12.4. The third-order valence-corrected chi connectivity index (χ3v) is 1.85. The molecule has 0 fully saturated rings. The molecular formula is C10H12F2N2O2. The zero-order valence-corrected chi connectivity index (χ0v) is 8.74. The van der Waals surface area contributed by atoms with E-state index < -0.39 is 12.3 Å². The molecule has 1 heterocycles. The topological polar surface area (TPSA) is 65.2 Å². The Labute approximate surface area is 91.4 Å². The summed E-state index contributed by atoms with van der Waals surface area (Å²) in [5, 5.41) is 0. The normalized spacial score (nSPS) is 11.2. The predicted molar refractivity (Wildman–Crippen MR) is 54.8 cm³/mol. The van der Waals surface area contributed by atoms with Crippen molar-refractivity contribution in [3.63, 3.8) is 0 Å². The van der Waals surface area contributed by atoms with Gasteiger partial charge in [0.25, 0.3) is 0 Å². The number of alkyl halides is 2. The number of carbonyl (C=O) groups excluding carboxylic acids is 1. The van der Waals surface area contributed by atoms with Crippen LogP contribution < -0.4 is 10.5 Å². The van der Waals surface area contributed by atoms with Crippen molar-refractivity contribution in [2.24, 2.45) is 0 Å². The zero-order chi connectivity index (χ0) is 12.2. The van der Waals surface area contributed by atoms with Gasteiger partial charge >= 0.3 is 0 Å². The number of aromatic nitrogens is 1. The van der Waals surface area contributed by atoms with Crippen LogP contribution in [0.2, 0.25) is 0 Å². The van der Waals surface area contributed by atoms with Gasteiger partial charge in [0.2, 0.25) is 11.8 Å². The standard InChI is InChI=1S/C10H12F2N2O2/c1-10(11,12)4-5-16-8-3-2-7(6-15)9(13)14-8/h2-3,6H,4-5H2,1H3,(H2,13,14). The summed E-state index contributed by atoms with van der Waals surface area (Å²) in [6.45, 7) is 0.657. The molecule has 0 radical (unpaired) electrons. The quantitative estimate of drug-likeness (QED) is 0.784. The number of anilines is 1. The van der Waals surface area contributed by atoms with Gasteiger partial charge in [0.15, 0.2) is 6.29 Å². The number of halogens is 2. The van der Waals surface area contributed by atoms with E-state index in [1.807, 2.05) is 0 Å². The summed E-state index contributed by atoms with van der Waals surface area (Å²) in [5.74, 6) is -2.61. The fourth-order valence-corrected chi connectivity index (χ4v) is 0.982. The van der Waals surface area contributed by atoms with Gasteiger partial charge in [-0.05, 0) is 13.0 Å².